The highest BCUT2D eigenvalue weighted by Crippen LogP contribution is 2.26. The molecular weight excluding hydrogens is 1080 g/mol. The fraction of sp³-hybridized carbons (Fsp3) is 0.645. The highest BCUT2D eigenvalue weighted by molar-refractivity contribution is 6.00. The molecule has 0 aliphatic carbocycles. The van der Waals surface area contributed by atoms with Gasteiger partial charge in [-0.2, -0.15) is 0 Å². The fourth-order valence-electron chi connectivity index (χ4n) is 11.0. The number of nitrogens with zero attached hydrogens (tertiary/aromatic N) is 2. The molecule has 12 atom stereocenters. The van der Waals surface area contributed by atoms with Crippen molar-refractivity contribution in [2.75, 3.05) is 13.1 Å². The van der Waals surface area contributed by atoms with Crippen molar-refractivity contribution in [2.24, 2.45) is 35.5 Å². The third kappa shape index (κ3) is 19.5. The Morgan fingerprint density at radius 2 is 0.631 bits per heavy atom. The van der Waals surface area contributed by atoms with Crippen molar-refractivity contribution in [2.45, 2.75) is 207 Å². The van der Waals surface area contributed by atoms with Crippen molar-refractivity contribution in [3.8, 4) is 0 Å². The molecular formula is C62H92F2N10O10. The number of halogens is 2. The van der Waals surface area contributed by atoms with Crippen molar-refractivity contribution < 1.29 is 56.7 Å². The summed E-state index contributed by atoms with van der Waals surface area (Å²) in [5.74, 6) is -9.94. The Morgan fingerprint density at radius 3 is 0.893 bits per heavy atom. The second-order valence-corrected chi connectivity index (χ2v) is 25.4. The Balaban J connectivity index is 1.62. The van der Waals surface area contributed by atoms with Gasteiger partial charge in [-0.05, 0) is 72.3 Å². The molecule has 8 N–H and O–H groups in total. The molecule has 2 aromatic carbocycles. The molecule has 22 heteroatoms. The largest absolute Gasteiger partial charge is 0.343 e. The van der Waals surface area contributed by atoms with Crippen molar-refractivity contribution >= 4 is 59.1 Å². The first-order valence-corrected chi connectivity index (χ1v) is 29.9. The number of rotatable bonds is 14. The Bertz CT molecular complexity index is 2430. The zero-order valence-electron chi connectivity index (χ0n) is 51.0. The van der Waals surface area contributed by atoms with Crippen LogP contribution in [-0.4, -0.2) is 155 Å². The molecule has 0 unspecified atom stereocenters. The van der Waals surface area contributed by atoms with Gasteiger partial charge in [0.05, 0.1) is 13.1 Å². The zero-order chi connectivity index (χ0) is 62.3. The van der Waals surface area contributed by atoms with E-state index in [1.165, 1.54) is 0 Å². The van der Waals surface area contributed by atoms with E-state index in [0.29, 0.717) is 11.1 Å². The van der Waals surface area contributed by atoms with Crippen molar-refractivity contribution in [3.63, 3.8) is 0 Å². The first-order chi connectivity index (χ1) is 39.5. The van der Waals surface area contributed by atoms with Gasteiger partial charge in [0.2, 0.25) is 59.1 Å². The molecule has 0 radical (unpaired) electrons. The number of nitrogens with one attached hydrogen (secondary N) is 8. The van der Waals surface area contributed by atoms with Crippen LogP contribution in [0.5, 0.6) is 0 Å². The Hall–Kier alpha value is -7.00. The second-order valence-electron chi connectivity index (χ2n) is 25.4. The summed E-state index contributed by atoms with van der Waals surface area (Å²) >= 11 is 0. The molecule has 5 rings (SSSR count). The molecule has 3 saturated heterocycles. The van der Waals surface area contributed by atoms with Gasteiger partial charge < -0.3 is 52.3 Å². The van der Waals surface area contributed by atoms with Gasteiger partial charge in [-0.15, -0.1) is 0 Å². The lowest BCUT2D eigenvalue weighted by Crippen LogP contribution is -2.62. The molecule has 3 heterocycles. The molecule has 0 bridgehead atoms. The Kier molecular flexibility index (Phi) is 25.2. The molecule has 0 saturated carbocycles. The highest BCUT2D eigenvalue weighted by atomic mass is 19.1. The highest BCUT2D eigenvalue weighted by Gasteiger charge is 2.46. The summed E-state index contributed by atoms with van der Waals surface area (Å²) in [6, 6.07) is 3.95. The topological polar surface area (TPSA) is 273 Å². The van der Waals surface area contributed by atoms with Crippen LogP contribution in [0.15, 0.2) is 60.7 Å². The first kappa shape index (κ1) is 67.8. The monoisotopic (exact) mass is 1170 g/mol. The van der Waals surface area contributed by atoms with E-state index in [0.717, 1.165) is 9.80 Å². The van der Waals surface area contributed by atoms with Crippen LogP contribution in [-0.2, 0) is 60.8 Å². The number of hydrogen-bond acceptors (Lipinski definition) is 10. The van der Waals surface area contributed by atoms with Crippen LogP contribution in [0.25, 0.3) is 0 Å². The first-order valence-electron chi connectivity index (χ1n) is 29.9. The van der Waals surface area contributed by atoms with Gasteiger partial charge in [-0.1, -0.05) is 144 Å². The van der Waals surface area contributed by atoms with Crippen molar-refractivity contribution in [3.05, 3.63) is 71.8 Å². The van der Waals surface area contributed by atoms with E-state index >= 15 is 8.78 Å². The maximum Gasteiger partial charge on any atom is 0.246 e. The number of amides is 10. The van der Waals surface area contributed by atoms with Crippen LogP contribution in [0.1, 0.15) is 133 Å². The number of benzene rings is 2. The summed E-state index contributed by atoms with van der Waals surface area (Å²) in [5, 5.41) is 22.2. The number of carbonyl (C=O) groups is 10. The van der Waals surface area contributed by atoms with E-state index in [-0.39, 0.29) is 62.2 Å². The van der Waals surface area contributed by atoms with E-state index in [1.807, 2.05) is 55.4 Å². The number of hydrogen-bond donors (Lipinski definition) is 8. The molecule has 3 fully saturated rings. The molecule has 3 aliphatic heterocycles. The minimum Gasteiger partial charge on any atom is -0.343 e. The van der Waals surface area contributed by atoms with Crippen LogP contribution >= 0.6 is 0 Å². The Morgan fingerprint density at radius 1 is 0.369 bits per heavy atom. The van der Waals surface area contributed by atoms with Crippen LogP contribution in [0.2, 0.25) is 0 Å². The third-order valence-electron chi connectivity index (χ3n) is 15.3. The molecule has 464 valence electrons. The zero-order valence-corrected chi connectivity index (χ0v) is 51.0. The van der Waals surface area contributed by atoms with Gasteiger partial charge >= 0.3 is 0 Å². The lowest BCUT2D eigenvalue weighted by atomic mass is 9.97. The van der Waals surface area contributed by atoms with Gasteiger partial charge in [0.25, 0.3) is 0 Å². The van der Waals surface area contributed by atoms with Crippen LogP contribution in [0.3, 0.4) is 0 Å². The summed E-state index contributed by atoms with van der Waals surface area (Å²) in [7, 11) is 0. The smallest absolute Gasteiger partial charge is 0.246 e. The Labute approximate surface area is 494 Å². The van der Waals surface area contributed by atoms with E-state index in [9.17, 15) is 47.9 Å². The molecule has 0 spiro atoms. The number of fused-ring (bicyclic) bond motifs is 2. The summed E-state index contributed by atoms with van der Waals surface area (Å²) in [4.78, 5) is 148. The average Bonchev–Trinajstić information content (AvgIpc) is 3.70. The molecule has 10 amide bonds. The average molecular weight is 1180 g/mol. The minimum absolute atomic E-state index is 0.0665. The SMILES string of the molecule is CC(C)C[C@@H]1NC(=O)[C@H](CC(C)C)NC(=O)[C@H](C(C)C)NC(=O)[C@@H]2C[C@H](F)CN2C(=O)[C@@H](Cc2ccccc2)NC(=O)[C@H](CC(C)C)NC(=O)[C@H](CC(C)C)NC(=O)[C@H](C(C)C)NC(=O)[C@@H]2C[C@H](F)CN2C(=O)[C@@H](Cc2ccccc2)NC1=O. The van der Waals surface area contributed by atoms with Gasteiger partial charge in [0.1, 0.15) is 72.8 Å². The lowest BCUT2D eigenvalue weighted by molar-refractivity contribution is -0.143. The third-order valence-corrected chi connectivity index (χ3v) is 15.3. The summed E-state index contributed by atoms with van der Waals surface area (Å²) in [6.07, 6.45) is -4.14. The van der Waals surface area contributed by atoms with E-state index in [4.69, 9.17) is 0 Å². The van der Waals surface area contributed by atoms with Gasteiger partial charge in [0, 0.05) is 25.7 Å². The summed E-state index contributed by atoms with van der Waals surface area (Å²) in [6.45, 7) is 20.2. The van der Waals surface area contributed by atoms with Gasteiger partial charge in [-0.25, -0.2) is 8.78 Å². The van der Waals surface area contributed by atoms with Crippen LogP contribution in [0, 0.1) is 35.5 Å². The molecule has 2 aromatic rings. The van der Waals surface area contributed by atoms with E-state index in [1.54, 1.807) is 88.4 Å². The second kappa shape index (κ2) is 31.2. The minimum atomic E-state index is -1.67. The van der Waals surface area contributed by atoms with E-state index in [2.05, 4.69) is 42.5 Å². The molecule has 3 aliphatic rings. The lowest BCUT2D eigenvalue weighted by Gasteiger charge is -2.33. The van der Waals surface area contributed by atoms with Crippen LogP contribution < -0.4 is 42.5 Å². The number of alkyl halides is 2. The summed E-state index contributed by atoms with van der Waals surface area (Å²) < 4.78 is 31.5. The number of carbonyl (C=O) groups excluding carboxylic acids is 10. The molecule has 84 heavy (non-hydrogen) atoms. The standard InChI is InChI=1S/C62H92F2N10O10/c1-33(2)23-43-55(77)69-47(27-39-19-15-13-16-20-39)61(83)73-31-41(63)29-49(73)57(79)72-52(38(11)12)60(82)68-46(26-36(7)8)54(76)66-44(24-34(3)4)56(78)70-48(28-40-21-17-14-18-22-40)62(84)74-32-42(64)30-50(74)58(80)71-51(37(9)10)59(81)67-45(25-35(5)6)53(75)65-43/h13-22,33-38,41-52H,23-32H2,1-12H3,(H,65,75)(H,66,76)(H,67,81)(H,68,82)(H,69,77)(H,70,78)(H,71,80)(H,72,79)/t41-,42-,43-,44-,45-,46-,47+,48+,49-,50-,51-,52-/m0/s1. The molecule has 0 aromatic heterocycles. The van der Waals surface area contributed by atoms with Crippen LogP contribution in [0.4, 0.5) is 8.78 Å². The van der Waals surface area contributed by atoms with E-state index < -0.39 is 170 Å². The summed E-state index contributed by atoms with van der Waals surface area (Å²) in [5.41, 5.74) is 1.22. The van der Waals surface area contributed by atoms with Crippen molar-refractivity contribution in [1.82, 2.24) is 52.3 Å². The maximum absolute atomic E-state index is 15.7. The van der Waals surface area contributed by atoms with Crippen molar-refractivity contribution in [1.29, 1.82) is 0 Å². The maximum atomic E-state index is 15.7. The quantitative estimate of drug-likeness (QED) is 0.136. The predicted octanol–water partition coefficient (Wildman–Crippen LogP) is 3.74. The van der Waals surface area contributed by atoms with Gasteiger partial charge in [0.15, 0.2) is 0 Å². The normalized spacial score (nSPS) is 28.1. The fourth-order valence-corrected chi connectivity index (χ4v) is 11.0. The van der Waals surface area contributed by atoms with Gasteiger partial charge in [-0.3, -0.25) is 47.9 Å². The predicted molar refractivity (Wildman–Crippen MR) is 313 cm³/mol. The molecule has 20 nitrogen and oxygen atoms in total.